The second-order valence-electron chi connectivity index (χ2n) is 11.8. The van der Waals surface area contributed by atoms with Gasteiger partial charge in [-0.05, 0) is 74.4 Å². The molecule has 0 amide bonds. The van der Waals surface area contributed by atoms with Gasteiger partial charge in [-0.25, -0.2) is 0 Å². The van der Waals surface area contributed by atoms with E-state index in [0.717, 1.165) is 48.2 Å². The van der Waals surface area contributed by atoms with E-state index < -0.39 is 5.60 Å². The molecular formula is C36H40N2O4. The van der Waals surface area contributed by atoms with Crippen molar-refractivity contribution in [1.82, 2.24) is 4.98 Å². The maximum atomic E-state index is 12.3. The van der Waals surface area contributed by atoms with Crippen LogP contribution in [0, 0.1) is 5.92 Å². The summed E-state index contributed by atoms with van der Waals surface area (Å²) in [6.07, 6.45) is 2.45. The molecule has 1 saturated heterocycles. The molecule has 4 aromatic rings. The Labute approximate surface area is 249 Å². The topological polar surface area (TPSA) is 60.9 Å². The number of hydrogen-bond acceptors (Lipinski definition) is 6. The molecule has 2 heterocycles. The molecule has 0 spiro atoms. The molecule has 0 N–H and O–H groups in total. The van der Waals surface area contributed by atoms with Crippen LogP contribution in [0.25, 0.3) is 11.1 Å². The zero-order valence-electron chi connectivity index (χ0n) is 24.8. The van der Waals surface area contributed by atoms with Gasteiger partial charge in [-0.1, -0.05) is 72.8 Å². The molecule has 0 aliphatic carbocycles. The van der Waals surface area contributed by atoms with Gasteiger partial charge >= 0.3 is 5.97 Å². The van der Waals surface area contributed by atoms with Gasteiger partial charge in [0.2, 0.25) is 11.8 Å². The lowest BCUT2D eigenvalue weighted by Gasteiger charge is -2.33. The van der Waals surface area contributed by atoms with Crippen molar-refractivity contribution in [2.75, 3.05) is 18.0 Å². The highest BCUT2D eigenvalue weighted by molar-refractivity contribution is 5.71. The van der Waals surface area contributed by atoms with E-state index in [-0.39, 0.29) is 5.97 Å². The lowest BCUT2D eigenvalue weighted by atomic mass is 9.93. The van der Waals surface area contributed by atoms with Crippen molar-refractivity contribution in [2.45, 2.75) is 58.8 Å². The lowest BCUT2D eigenvalue weighted by Crippen LogP contribution is -2.35. The fraction of sp³-hybridized carbons (Fsp3) is 0.333. The Kier molecular flexibility index (Phi) is 9.42. The molecule has 0 unspecified atom stereocenters. The summed E-state index contributed by atoms with van der Waals surface area (Å²) < 4.78 is 17.8. The number of anilines is 1. The molecule has 0 bridgehead atoms. The summed E-state index contributed by atoms with van der Waals surface area (Å²) in [5.41, 5.74) is 4.85. The fourth-order valence-corrected chi connectivity index (χ4v) is 5.16. The van der Waals surface area contributed by atoms with Crippen LogP contribution in [0.4, 0.5) is 5.69 Å². The fourth-order valence-electron chi connectivity index (χ4n) is 5.16. The normalized spacial score (nSPS) is 13.9. The van der Waals surface area contributed by atoms with Crippen LogP contribution in [0.15, 0.2) is 97.1 Å². The number of carbonyl (C=O) groups excluding carboxylic acids is 1. The molecule has 1 aromatic heterocycles. The molecule has 1 aliphatic rings. The molecule has 5 rings (SSSR count). The van der Waals surface area contributed by atoms with Crippen molar-refractivity contribution in [3.8, 4) is 22.9 Å². The molecule has 42 heavy (non-hydrogen) atoms. The summed E-state index contributed by atoms with van der Waals surface area (Å²) in [7, 11) is 0. The molecule has 6 nitrogen and oxygen atoms in total. The number of hydrogen-bond donors (Lipinski definition) is 0. The third kappa shape index (κ3) is 8.35. The monoisotopic (exact) mass is 564 g/mol. The quantitative estimate of drug-likeness (QED) is 0.183. The van der Waals surface area contributed by atoms with Crippen molar-refractivity contribution in [3.63, 3.8) is 0 Å². The Balaban J connectivity index is 1.26. The van der Waals surface area contributed by atoms with Crippen molar-refractivity contribution in [3.05, 3.63) is 108 Å². The molecule has 1 aliphatic heterocycles. The number of aromatic nitrogens is 1. The van der Waals surface area contributed by atoms with E-state index in [4.69, 9.17) is 19.2 Å². The largest absolute Gasteiger partial charge is 0.473 e. The Morgan fingerprint density at radius 1 is 0.786 bits per heavy atom. The van der Waals surface area contributed by atoms with Crippen LogP contribution in [-0.2, 0) is 22.7 Å². The van der Waals surface area contributed by atoms with Crippen molar-refractivity contribution < 1.29 is 19.0 Å². The number of esters is 1. The summed E-state index contributed by atoms with van der Waals surface area (Å²) in [6.45, 7) is 8.45. The smallest absolute Gasteiger partial charge is 0.306 e. The molecule has 6 heteroatoms. The van der Waals surface area contributed by atoms with Gasteiger partial charge in [0, 0.05) is 36.8 Å². The van der Waals surface area contributed by atoms with E-state index in [9.17, 15) is 4.79 Å². The van der Waals surface area contributed by atoms with E-state index in [1.54, 1.807) is 0 Å². The summed E-state index contributed by atoms with van der Waals surface area (Å²) in [4.78, 5) is 19.4. The van der Waals surface area contributed by atoms with Crippen molar-refractivity contribution in [2.24, 2.45) is 5.92 Å². The van der Waals surface area contributed by atoms with Crippen LogP contribution >= 0.6 is 0 Å². The number of ether oxygens (including phenoxy) is 3. The molecular weight excluding hydrogens is 524 g/mol. The summed E-state index contributed by atoms with van der Waals surface area (Å²) in [5, 5.41) is 0. The third-order valence-corrected chi connectivity index (χ3v) is 7.32. The van der Waals surface area contributed by atoms with E-state index in [1.807, 2.05) is 93.6 Å². The Morgan fingerprint density at radius 2 is 1.38 bits per heavy atom. The van der Waals surface area contributed by atoms with Gasteiger partial charge in [-0.2, -0.15) is 4.98 Å². The number of carbonyl (C=O) groups is 1. The number of benzene rings is 3. The van der Waals surface area contributed by atoms with Gasteiger partial charge in [0.05, 0.1) is 0 Å². The van der Waals surface area contributed by atoms with Crippen LogP contribution in [0.5, 0.6) is 11.8 Å². The zero-order valence-corrected chi connectivity index (χ0v) is 24.8. The van der Waals surface area contributed by atoms with Crippen LogP contribution in [0.1, 0.15) is 51.2 Å². The molecule has 0 atom stereocenters. The van der Waals surface area contributed by atoms with Gasteiger partial charge in [-0.3, -0.25) is 4.79 Å². The van der Waals surface area contributed by atoms with E-state index >= 15 is 0 Å². The summed E-state index contributed by atoms with van der Waals surface area (Å²) in [5.74, 6) is 1.34. The zero-order chi connectivity index (χ0) is 29.4. The minimum Gasteiger partial charge on any atom is -0.473 e. The van der Waals surface area contributed by atoms with Crippen LogP contribution in [0.2, 0.25) is 0 Å². The minimum absolute atomic E-state index is 0.0966. The van der Waals surface area contributed by atoms with Gasteiger partial charge in [0.1, 0.15) is 18.8 Å². The first-order valence-corrected chi connectivity index (χ1v) is 14.7. The predicted octanol–water partition coefficient (Wildman–Crippen LogP) is 7.85. The molecule has 0 saturated carbocycles. The average Bonchev–Trinajstić information content (AvgIpc) is 3.00. The highest BCUT2D eigenvalue weighted by atomic mass is 16.6. The van der Waals surface area contributed by atoms with Crippen molar-refractivity contribution in [1.29, 1.82) is 0 Å². The first kappa shape index (κ1) is 29.2. The second kappa shape index (κ2) is 13.6. The predicted molar refractivity (Wildman–Crippen MR) is 167 cm³/mol. The highest BCUT2D eigenvalue weighted by Crippen LogP contribution is 2.34. The van der Waals surface area contributed by atoms with Crippen molar-refractivity contribution >= 4 is 11.7 Å². The Morgan fingerprint density at radius 3 is 1.98 bits per heavy atom. The number of nitrogens with zero attached hydrogens (tertiary/aromatic N) is 2. The summed E-state index contributed by atoms with van der Waals surface area (Å²) in [6, 6.07) is 32.6. The third-order valence-electron chi connectivity index (χ3n) is 7.32. The number of piperidine rings is 1. The maximum Gasteiger partial charge on any atom is 0.306 e. The lowest BCUT2D eigenvalue weighted by molar-refractivity contribution is -0.156. The van der Waals surface area contributed by atoms with Gasteiger partial charge in [-0.15, -0.1) is 0 Å². The Bertz CT molecular complexity index is 1430. The number of pyridine rings is 1. The second-order valence-corrected chi connectivity index (χ2v) is 11.8. The van der Waals surface area contributed by atoms with Crippen LogP contribution < -0.4 is 14.4 Å². The van der Waals surface area contributed by atoms with Gasteiger partial charge in [0.15, 0.2) is 0 Å². The van der Waals surface area contributed by atoms with Gasteiger partial charge in [0.25, 0.3) is 0 Å². The highest BCUT2D eigenvalue weighted by Gasteiger charge is 2.25. The van der Waals surface area contributed by atoms with E-state index in [2.05, 4.69) is 29.2 Å². The van der Waals surface area contributed by atoms with Gasteiger partial charge < -0.3 is 19.1 Å². The summed E-state index contributed by atoms with van der Waals surface area (Å²) >= 11 is 0. The first-order chi connectivity index (χ1) is 20.3. The average molecular weight is 565 g/mol. The Hall–Kier alpha value is -4.32. The standard InChI is InChI=1S/C36H40N2O4/c1-36(2,3)42-34(39)24-27-20-22-38(23-21-27)31-16-14-30(15-17-31)32-18-19-33(40-25-28-10-6-4-7-11-28)37-35(32)41-26-29-12-8-5-9-13-29/h4-19,27H,20-26H2,1-3H3. The molecule has 1 fully saturated rings. The number of rotatable bonds is 10. The van der Waals surface area contributed by atoms with Crippen LogP contribution in [-0.4, -0.2) is 29.6 Å². The first-order valence-electron chi connectivity index (χ1n) is 14.7. The maximum absolute atomic E-state index is 12.3. The minimum atomic E-state index is -0.434. The van der Waals surface area contributed by atoms with E-state index in [1.165, 1.54) is 5.69 Å². The molecule has 218 valence electrons. The molecule has 3 aromatic carbocycles. The van der Waals surface area contributed by atoms with Crippen LogP contribution in [0.3, 0.4) is 0 Å². The molecule has 0 radical (unpaired) electrons. The van der Waals surface area contributed by atoms with E-state index in [0.29, 0.717) is 37.3 Å². The SMILES string of the molecule is CC(C)(C)OC(=O)CC1CCN(c2ccc(-c3ccc(OCc4ccccc4)nc3OCc3ccccc3)cc2)CC1.